The number of halogens is 1. The minimum absolute atomic E-state index is 0.147. The molecule has 0 aliphatic carbocycles. The molecular weight excluding hydrogens is 247 g/mol. The van der Waals surface area contributed by atoms with E-state index in [1.165, 1.54) is 18.6 Å². The van der Waals surface area contributed by atoms with Gasteiger partial charge in [-0.25, -0.2) is 4.39 Å². The Hall–Kier alpha value is -1.81. The van der Waals surface area contributed by atoms with Gasteiger partial charge in [0.05, 0.1) is 5.83 Å². The minimum atomic E-state index is -0.147. The second-order valence-corrected chi connectivity index (χ2v) is 4.34. The van der Waals surface area contributed by atoms with Gasteiger partial charge in [0.15, 0.2) is 0 Å². The molecule has 0 saturated heterocycles. The van der Waals surface area contributed by atoms with Crippen molar-refractivity contribution in [3.8, 4) is 11.8 Å². The van der Waals surface area contributed by atoms with E-state index in [1.54, 1.807) is 6.08 Å². The number of allylic oxidation sites excluding steroid dienone is 4. The van der Waals surface area contributed by atoms with Crippen LogP contribution in [0.15, 0.2) is 53.9 Å². The average molecular weight is 274 g/mol. The van der Waals surface area contributed by atoms with Crippen molar-refractivity contribution < 1.29 is 4.39 Å². The largest absolute Gasteiger partial charge is 0.212 e. The lowest BCUT2D eigenvalue weighted by Crippen LogP contribution is -1.73. The molecule has 0 nitrogen and oxygen atoms in total. The Kier molecular flexibility index (Phi) is 15.6. The summed E-state index contributed by atoms with van der Waals surface area (Å²) in [6.07, 6.45) is 4.34. The number of hydrogen-bond donors (Lipinski definition) is 0. The van der Waals surface area contributed by atoms with Crippen molar-refractivity contribution in [2.24, 2.45) is 0 Å². The van der Waals surface area contributed by atoms with E-state index in [9.17, 15) is 4.39 Å². The summed E-state index contributed by atoms with van der Waals surface area (Å²) in [6, 6.07) is 10.5. The fourth-order valence-electron chi connectivity index (χ4n) is 0.995. The van der Waals surface area contributed by atoms with Crippen LogP contribution in [0.2, 0.25) is 0 Å². The van der Waals surface area contributed by atoms with Gasteiger partial charge in [-0.15, -0.1) is 11.8 Å². The van der Waals surface area contributed by atoms with Crippen molar-refractivity contribution in [3.05, 3.63) is 59.4 Å². The van der Waals surface area contributed by atoms with E-state index in [0.29, 0.717) is 0 Å². The molecule has 1 aromatic rings. The number of hydrogen-bond acceptors (Lipinski definition) is 0. The van der Waals surface area contributed by atoms with E-state index in [-0.39, 0.29) is 5.83 Å². The van der Waals surface area contributed by atoms with Crippen molar-refractivity contribution in [2.45, 2.75) is 48.0 Å². The molecule has 0 bridgehead atoms. The molecule has 0 spiro atoms. The molecule has 0 fully saturated rings. The van der Waals surface area contributed by atoms with E-state index < -0.39 is 0 Å². The Morgan fingerprint density at radius 1 is 1.00 bits per heavy atom. The molecule has 110 valence electrons. The van der Waals surface area contributed by atoms with E-state index in [2.05, 4.69) is 43.0 Å². The summed E-state index contributed by atoms with van der Waals surface area (Å²) < 4.78 is 11.9. The normalized spacial score (nSPS) is 8.85. The first kappa shape index (κ1) is 20.5. The average Bonchev–Trinajstić information content (AvgIpc) is 2.47. The van der Waals surface area contributed by atoms with Crippen LogP contribution in [0, 0.1) is 11.8 Å². The van der Waals surface area contributed by atoms with Crippen LogP contribution < -0.4 is 0 Å². The predicted octanol–water partition coefficient (Wildman–Crippen LogP) is 6.10. The first-order valence-corrected chi connectivity index (χ1v) is 6.82. The van der Waals surface area contributed by atoms with Crippen molar-refractivity contribution >= 4 is 0 Å². The van der Waals surface area contributed by atoms with Crippen molar-refractivity contribution in [1.82, 2.24) is 0 Å². The first-order chi connectivity index (χ1) is 9.47. The second kappa shape index (κ2) is 15.2. The zero-order chi connectivity index (χ0) is 15.8. The van der Waals surface area contributed by atoms with Crippen LogP contribution in [0.1, 0.15) is 47.1 Å². The molecule has 0 atom stereocenters. The van der Waals surface area contributed by atoms with Crippen LogP contribution in [0.25, 0.3) is 0 Å². The van der Waals surface area contributed by atoms with Crippen LogP contribution in [0.3, 0.4) is 0 Å². The minimum Gasteiger partial charge on any atom is -0.212 e. The Bertz CT molecular complexity index is 412. The highest BCUT2D eigenvalue weighted by Gasteiger charge is 1.80. The maximum absolute atomic E-state index is 11.9. The lowest BCUT2D eigenvalue weighted by molar-refractivity contribution is 0.640. The molecule has 1 rings (SSSR count). The van der Waals surface area contributed by atoms with E-state index >= 15 is 0 Å². The van der Waals surface area contributed by atoms with Crippen LogP contribution in [0.4, 0.5) is 4.39 Å². The summed E-state index contributed by atoms with van der Waals surface area (Å²) in [5.74, 6) is 5.21. The first-order valence-electron chi connectivity index (χ1n) is 6.82. The van der Waals surface area contributed by atoms with Gasteiger partial charge in [0.2, 0.25) is 0 Å². The summed E-state index contributed by atoms with van der Waals surface area (Å²) in [7, 11) is 0. The summed E-state index contributed by atoms with van der Waals surface area (Å²) in [6.45, 7) is 11.1. The molecule has 1 heteroatoms. The zero-order valence-electron chi connectivity index (χ0n) is 13.6. The van der Waals surface area contributed by atoms with Gasteiger partial charge in [0.1, 0.15) is 0 Å². The van der Waals surface area contributed by atoms with Gasteiger partial charge in [0.25, 0.3) is 0 Å². The fraction of sp³-hybridized carbons (Fsp3) is 0.368. The van der Waals surface area contributed by atoms with E-state index in [0.717, 1.165) is 12.0 Å². The predicted molar refractivity (Wildman–Crippen MR) is 89.2 cm³/mol. The summed E-state index contributed by atoms with van der Waals surface area (Å²) >= 11 is 0. The smallest absolute Gasteiger partial charge is 0.0968 e. The maximum atomic E-state index is 11.9. The molecule has 0 aliphatic heterocycles. The van der Waals surface area contributed by atoms with E-state index in [1.807, 2.05) is 33.8 Å². The standard InChI is InChI=1S/C8H10.C7H11F.C4H6/c1-2-8-6-4-3-5-7-8;1-6(2)4-5-7(3)8;1-3-4-2/h3-7H,2H2,1H3;4-5H,1-3H3;1-2H3/b;7-5+;. The molecular formula is C19H27F. The van der Waals surface area contributed by atoms with Crippen molar-refractivity contribution in [3.63, 3.8) is 0 Å². The van der Waals surface area contributed by atoms with Crippen molar-refractivity contribution in [1.29, 1.82) is 0 Å². The van der Waals surface area contributed by atoms with Gasteiger partial charge in [-0.05, 0) is 52.7 Å². The Balaban J connectivity index is 0. The van der Waals surface area contributed by atoms with Crippen LogP contribution >= 0.6 is 0 Å². The lowest BCUT2D eigenvalue weighted by Gasteiger charge is -1.89. The van der Waals surface area contributed by atoms with Gasteiger partial charge in [0, 0.05) is 0 Å². The third kappa shape index (κ3) is 18.6. The third-order valence-electron chi connectivity index (χ3n) is 2.15. The maximum Gasteiger partial charge on any atom is 0.0968 e. The SMILES string of the molecule is CC#CC.CC(C)=C/C=C(\C)F.CCc1ccccc1. The molecule has 20 heavy (non-hydrogen) atoms. The van der Waals surface area contributed by atoms with Gasteiger partial charge < -0.3 is 0 Å². The molecule has 0 amide bonds. The molecule has 0 saturated carbocycles. The molecule has 0 aromatic heterocycles. The highest BCUT2D eigenvalue weighted by molar-refractivity contribution is 5.13. The topological polar surface area (TPSA) is 0 Å². The Labute approximate surface area is 124 Å². The van der Waals surface area contributed by atoms with Gasteiger partial charge in [-0.1, -0.05) is 48.9 Å². The molecule has 0 N–H and O–H groups in total. The molecule has 0 aliphatic rings. The molecule has 1 aromatic carbocycles. The van der Waals surface area contributed by atoms with Gasteiger partial charge in [-0.3, -0.25) is 0 Å². The number of benzene rings is 1. The number of aryl methyl sites for hydroxylation is 1. The van der Waals surface area contributed by atoms with Crippen LogP contribution in [-0.2, 0) is 6.42 Å². The highest BCUT2D eigenvalue weighted by Crippen LogP contribution is 1.97. The monoisotopic (exact) mass is 274 g/mol. The fourth-order valence-corrected chi connectivity index (χ4v) is 0.995. The van der Waals surface area contributed by atoms with Gasteiger partial charge >= 0.3 is 0 Å². The third-order valence-corrected chi connectivity index (χ3v) is 2.15. The Morgan fingerprint density at radius 3 is 1.70 bits per heavy atom. The van der Waals surface area contributed by atoms with Crippen LogP contribution in [0.5, 0.6) is 0 Å². The zero-order valence-corrected chi connectivity index (χ0v) is 13.6. The summed E-state index contributed by atoms with van der Waals surface area (Å²) in [5.41, 5.74) is 2.52. The summed E-state index contributed by atoms with van der Waals surface area (Å²) in [5, 5.41) is 0. The summed E-state index contributed by atoms with van der Waals surface area (Å²) in [4.78, 5) is 0. The molecule has 0 radical (unpaired) electrons. The number of rotatable bonds is 2. The lowest BCUT2D eigenvalue weighted by atomic mass is 10.2. The van der Waals surface area contributed by atoms with Gasteiger partial charge in [-0.2, -0.15) is 0 Å². The van der Waals surface area contributed by atoms with Crippen LogP contribution in [-0.4, -0.2) is 0 Å². The van der Waals surface area contributed by atoms with E-state index in [4.69, 9.17) is 0 Å². The quantitative estimate of drug-likeness (QED) is 0.451. The van der Waals surface area contributed by atoms with Crippen molar-refractivity contribution in [2.75, 3.05) is 0 Å². The molecule has 0 heterocycles. The highest BCUT2D eigenvalue weighted by atomic mass is 19.1. The molecule has 0 unspecified atom stereocenters. The Morgan fingerprint density at radius 2 is 1.50 bits per heavy atom. The second-order valence-electron chi connectivity index (χ2n) is 4.34.